The number of benzene rings is 2. The highest BCUT2D eigenvalue weighted by atomic mass is 17.2. The zero-order valence-electron chi connectivity index (χ0n) is 10.5. The maximum Gasteiger partial charge on any atom is 0.221 e. The molecular formula is C16H11O4. The van der Waals surface area contributed by atoms with Gasteiger partial charge in [0, 0.05) is 17.5 Å². The monoisotopic (exact) mass is 267 g/mol. The van der Waals surface area contributed by atoms with E-state index in [-0.39, 0.29) is 0 Å². The Bertz CT molecular complexity index is 678. The SMILES string of the molecule is C1=C([C]2Cc3ccccc3OO2)OOc2ccccc21. The van der Waals surface area contributed by atoms with Gasteiger partial charge in [-0.25, -0.2) is 0 Å². The number of fused-ring (bicyclic) bond motifs is 2. The minimum atomic E-state index is 0.526. The van der Waals surface area contributed by atoms with Gasteiger partial charge in [-0.1, -0.05) is 36.4 Å². The summed E-state index contributed by atoms with van der Waals surface area (Å²) in [4.78, 5) is 21.1. The van der Waals surface area contributed by atoms with Gasteiger partial charge in [0.2, 0.25) is 6.10 Å². The fraction of sp³-hybridized carbons (Fsp3) is 0.0625. The first-order valence-corrected chi connectivity index (χ1v) is 6.34. The van der Waals surface area contributed by atoms with Gasteiger partial charge in [0.25, 0.3) is 0 Å². The van der Waals surface area contributed by atoms with E-state index in [0.29, 0.717) is 24.0 Å². The van der Waals surface area contributed by atoms with Gasteiger partial charge < -0.3 is 4.89 Å². The van der Waals surface area contributed by atoms with Gasteiger partial charge in [0.05, 0.1) is 0 Å². The predicted octanol–water partition coefficient (Wildman–Crippen LogP) is 3.45. The third-order valence-corrected chi connectivity index (χ3v) is 3.26. The molecule has 4 rings (SSSR count). The Balaban J connectivity index is 1.63. The molecule has 0 N–H and O–H groups in total. The summed E-state index contributed by atoms with van der Waals surface area (Å²) in [6, 6.07) is 15.4. The Morgan fingerprint density at radius 3 is 2.40 bits per heavy atom. The molecule has 4 nitrogen and oxygen atoms in total. The Kier molecular flexibility index (Phi) is 2.60. The molecule has 4 heteroatoms. The molecule has 0 fully saturated rings. The van der Waals surface area contributed by atoms with E-state index in [1.807, 2.05) is 54.6 Å². The van der Waals surface area contributed by atoms with E-state index in [9.17, 15) is 0 Å². The van der Waals surface area contributed by atoms with Crippen LogP contribution in [0.2, 0.25) is 0 Å². The van der Waals surface area contributed by atoms with Crippen LogP contribution in [0, 0.1) is 6.10 Å². The molecule has 20 heavy (non-hydrogen) atoms. The molecular weight excluding hydrogens is 256 g/mol. The molecule has 0 atom stereocenters. The van der Waals surface area contributed by atoms with Crippen LogP contribution in [0.3, 0.4) is 0 Å². The first-order chi connectivity index (χ1) is 9.90. The highest BCUT2D eigenvalue weighted by molar-refractivity contribution is 5.62. The minimum absolute atomic E-state index is 0.526. The lowest BCUT2D eigenvalue weighted by atomic mass is 10.0. The highest BCUT2D eigenvalue weighted by Crippen LogP contribution is 2.36. The molecule has 0 aromatic heterocycles. The Morgan fingerprint density at radius 1 is 0.700 bits per heavy atom. The third-order valence-electron chi connectivity index (χ3n) is 3.26. The highest BCUT2D eigenvalue weighted by Gasteiger charge is 2.30. The van der Waals surface area contributed by atoms with Crippen molar-refractivity contribution < 1.29 is 19.6 Å². The van der Waals surface area contributed by atoms with Crippen molar-refractivity contribution in [1.29, 1.82) is 0 Å². The van der Waals surface area contributed by atoms with E-state index in [1.165, 1.54) is 0 Å². The van der Waals surface area contributed by atoms with E-state index >= 15 is 0 Å². The number of hydrogen-bond acceptors (Lipinski definition) is 4. The topological polar surface area (TPSA) is 36.9 Å². The normalized spacial score (nSPS) is 16.9. The second kappa shape index (κ2) is 4.58. The maximum atomic E-state index is 5.30. The molecule has 2 aromatic carbocycles. The molecule has 0 bridgehead atoms. The Labute approximate surface area is 116 Å². The minimum Gasteiger partial charge on any atom is -0.336 e. The summed E-state index contributed by atoms with van der Waals surface area (Å²) in [6.07, 6.45) is 3.08. The van der Waals surface area contributed by atoms with Gasteiger partial charge in [-0.3, -0.25) is 9.78 Å². The summed E-state index contributed by atoms with van der Waals surface area (Å²) in [6.45, 7) is 0. The molecule has 1 radical (unpaired) electrons. The van der Waals surface area contributed by atoms with E-state index in [4.69, 9.17) is 19.6 Å². The first-order valence-electron chi connectivity index (χ1n) is 6.34. The largest absolute Gasteiger partial charge is 0.336 e. The van der Waals surface area contributed by atoms with Crippen molar-refractivity contribution in [2.75, 3.05) is 0 Å². The number of hydrogen-bond donors (Lipinski definition) is 0. The Morgan fingerprint density at radius 2 is 1.45 bits per heavy atom. The van der Waals surface area contributed by atoms with Gasteiger partial charge in [-0.2, -0.15) is 4.89 Å². The average Bonchev–Trinajstić information content (AvgIpc) is 2.54. The zero-order valence-corrected chi connectivity index (χ0v) is 10.5. The fourth-order valence-electron chi connectivity index (χ4n) is 2.21. The average molecular weight is 267 g/mol. The lowest BCUT2D eigenvalue weighted by molar-refractivity contribution is -0.235. The van der Waals surface area contributed by atoms with Crippen molar-refractivity contribution in [3.8, 4) is 11.5 Å². The van der Waals surface area contributed by atoms with Crippen molar-refractivity contribution in [3.05, 3.63) is 71.5 Å². The van der Waals surface area contributed by atoms with Crippen LogP contribution < -0.4 is 9.78 Å². The van der Waals surface area contributed by atoms with Crippen molar-refractivity contribution in [3.63, 3.8) is 0 Å². The number of para-hydroxylation sites is 2. The molecule has 99 valence electrons. The van der Waals surface area contributed by atoms with E-state index in [2.05, 4.69) is 0 Å². The van der Waals surface area contributed by atoms with Crippen molar-refractivity contribution in [1.82, 2.24) is 0 Å². The van der Waals surface area contributed by atoms with Crippen LogP contribution in [0.25, 0.3) is 6.08 Å². The predicted molar refractivity (Wildman–Crippen MR) is 71.2 cm³/mol. The van der Waals surface area contributed by atoms with Crippen LogP contribution >= 0.6 is 0 Å². The quantitative estimate of drug-likeness (QED) is 0.741. The van der Waals surface area contributed by atoms with Crippen LogP contribution in [0.1, 0.15) is 11.1 Å². The van der Waals surface area contributed by atoms with Gasteiger partial charge in [-0.05, 0) is 18.2 Å². The van der Waals surface area contributed by atoms with Crippen molar-refractivity contribution in [2.24, 2.45) is 0 Å². The molecule has 2 aliphatic heterocycles. The van der Waals surface area contributed by atoms with Gasteiger partial charge in [-0.15, -0.1) is 0 Å². The lowest BCUT2D eigenvalue weighted by Crippen LogP contribution is -2.21. The summed E-state index contributed by atoms with van der Waals surface area (Å²) in [7, 11) is 0. The molecule has 2 aliphatic rings. The molecule has 0 saturated carbocycles. The lowest BCUT2D eigenvalue weighted by Gasteiger charge is -2.25. The molecule has 0 saturated heterocycles. The molecule has 0 aliphatic carbocycles. The summed E-state index contributed by atoms with van der Waals surface area (Å²) in [5.41, 5.74) is 2.00. The third kappa shape index (κ3) is 1.90. The summed E-state index contributed by atoms with van der Waals surface area (Å²) in [5, 5.41) is 0. The van der Waals surface area contributed by atoms with E-state index in [0.717, 1.165) is 16.9 Å². The zero-order chi connectivity index (χ0) is 13.4. The Hall–Kier alpha value is -2.46. The van der Waals surface area contributed by atoms with Crippen LogP contribution in [0.5, 0.6) is 11.5 Å². The smallest absolute Gasteiger partial charge is 0.221 e. The second-order valence-corrected chi connectivity index (χ2v) is 4.59. The fourth-order valence-corrected chi connectivity index (χ4v) is 2.21. The van der Waals surface area contributed by atoms with Crippen LogP contribution in [-0.4, -0.2) is 0 Å². The van der Waals surface area contributed by atoms with Crippen LogP contribution in [-0.2, 0) is 16.2 Å². The summed E-state index contributed by atoms with van der Waals surface area (Å²) in [5.74, 6) is 1.95. The van der Waals surface area contributed by atoms with Gasteiger partial charge >= 0.3 is 0 Å². The van der Waals surface area contributed by atoms with Gasteiger partial charge in [0.1, 0.15) is 0 Å². The van der Waals surface area contributed by atoms with Crippen molar-refractivity contribution >= 4 is 6.08 Å². The van der Waals surface area contributed by atoms with Crippen molar-refractivity contribution in [2.45, 2.75) is 6.42 Å². The summed E-state index contributed by atoms with van der Waals surface area (Å²) < 4.78 is 0. The van der Waals surface area contributed by atoms with E-state index < -0.39 is 0 Å². The summed E-state index contributed by atoms with van der Waals surface area (Å²) >= 11 is 0. The molecule has 0 spiro atoms. The first kappa shape index (κ1) is 11.4. The standard InChI is InChI=1S/C16H11O4/c1-3-7-13-11(5-1)9-15(19-17-13)16-10-12-6-2-4-8-14(12)18-20-16/h1-9H,10H2. The maximum absolute atomic E-state index is 5.30. The van der Waals surface area contributed by atoms with Gasteiger partial charge in [0.15, 0.2) is 17.3 Å². The second-order valence-electron chi connectivity index (χ2n) is 4.59. The van der Waals surface area contributed by atoms with Crippen LogP contribution in [0.15, 0.2) is 54.3 Å². The van der Waals surface area contributed by atoms with E-state index in [1.54, 1.807) is 0 Å². The van der Waals surface area contributed by atoms with Crippen LogP contribution in [0.4, 0.5) is 0 Å². The molecule has 2 aromatic rings. The molecule has 0 amide bonds. The number of rotatable bonds is 1. The molecule has 2 heterocycles. The molecule has 0 unspecified atom stereocenters.